The molecule has 0 spiro atoms. The third-order valence-corrected chi connectivity index (χ3v) is 3.83. The van der Waals surface area contributed by atoms with Crippen molar-refractivity contribution in [2.24, 2.45) is 0 Å². The molecule has 0 saturated heterocycles. The molecule has 76 valence electrons. The number of pyridine rings is 2. The Morgan fingerprint density at radius 1 is 1.13 bits per heavy atom. The molecule has 0 aromatic carbocycles. The number of nitrogens with zero attached hydrogens (tertiary/aromatic N) is 2. The van der Waals surface area contributed by atoms with E-state index in [1.54, 1.807) is 18.3 Å². The molecule has 0 fully saturated rings. The van der Waals surface area contributed by atoms with Crippen LogP contribution >= 0.6 is 31.9 Å². The first-order chi connectivity index (χ1) is 7.20. The topological polar surface area (TPSA) is 39.8 Å². The molecule has 2 aromatic heterocycles. The molecule has 3 nitrogen and oxygen atoms in total. The molecule has 2 rings (SSSR count). The number of hydrogen-bond acceptors (Lipinski definition) is 2. The predicted molar refractivity (Wildman–Crippen MR) is 64.0 cm³/mol. The molecule has 2 heterocycles. The average molecular weight is 330 g/mol. The summed E-state index contributed by atoms with van der Waals surface area (Å²) in [5, 5.41) is 11.8. The summed E-state index contributed by atoms with van der Waals surface area (Å²) >= 11 is 6.47. The minimum absolute atomic E-state index is 0.450. The van der Waals surface area contributed by atoms with Gasteiger partial charge in [0.1, 0.15) is 5.69 Å². The second-order valence-corrected chi connectivity index (χ2v) is 4.47. The highest BCUT2D eigenvalue weighted by Crippen LogP contribution is 2.22. The van der Waals surface area contributed by atoms with Crippen LogP contribution in [-0.4, -0.2) is 4.98 Å². The Balaban J connectivity index is 2.60. The molecule has 0 unspecified atom stereocenters. The van der Waals surface area contributed by atoms with E-state index in [0.717, 1.165) is 9.20 Å². The molecule has 0 radical (unpaired) electrons. The molecule has 0 aliphatic carbocycles. The maximum atomic E-state index is 11.8. The highest BCUT2D eigenvalue weighted by molar-refractivity contribution is 9.13. The third kappa shape index (κ3) is 2.03. The summed E-state index contributed by atoms with van der Waals surface area (Å²) in [6, 6.07) is 8.99. The molecular formula is C10H6Br2N2O. The van der Waals surface area contributed by atoms with Gasteiger partial charge >= 0.3 is 0 Å². The number of halogens is 2. The van der Waals surface area contributed by atoms with Crippen LogP contribution in [0.1, 0.15) is 0 Å². The largest absolute Gasteiger partial charge is 0.617 e. The zero-order valence-electron chi connectivity index (χ0n) is 7.52. The lowest BCUT2D eigenvalue weighted by atomic mass is 10.2. The zero-order valence-corrected chi connectivity index (χ0v) is 10.7. The molecule has 5 heteroatoms. The van der Waals surface area contributed by atoms with Gasteiger partial charge in [0.25, 0.3) is 4.60 Å². The minimum atomic E-state index is 0.450. The van der Waals surface area contributed by atoms with E-state index in [1.165, 1.54) is 0 Å². The number of hydrogen-bond donors (Lipinski definition) is 0. The quantitative estimate of drug-likeness (QED) is 0.458. The van der Waals surface area contributed by atoms with E-state index in [1.807, 2.05) is 18.2 Å². The SMILES string of the molecule is [O-][n+]1c(-c2ccccn2)ccc(Br)c1Br. The van der Waals surface area contributed by atoms with Crippen molar-refractivity contribution >= 4 is 31.9 Å². The lowest BCUT2D eigenvalue weighted by Gasteiger charge is -2.06. The van der Waals surface area contributed by atoms with Crippen LogP contribution in [0.4, 0.5) is 0 Å². The standard InChI is InChI=1S/C10H6Br2N2O/c11-7-4-5-9(14(15)10(7)12)8-3-1-2-6-13-8/h1-6H. The van der Waals surface area contributed by atoms with Crippen LogP contribution in [0.3, 0.4) is 0 Å². The van der Waals surface area contributed by atoms with E-state index in [0.29, 0.717) is 16.0 Å². The Morgan fingerprint density at radius 2 is 1.93 bits per heavy atom. The molecule has 15 heavy (non-hydrogen) atoms. The van der Waals surface area contributed by atoms with Crippen LogP contribution in [0.2, 0.25) is 0 Å². The molecular weight excluding hydrogens is 324 g/mol. The van der Waals surface area contributed by atoms with E-state index in [2.05, 4.69) is 36.8 Å². The Hall–Kier alpha value is -0.940. The van der Waals surface area contributed by atoms with Gasteiger partial charge in [0.2, 0.25) is 5.69 Å². The molecule has 0 atom stereocenters. The lowest BCUT2D eigenvalue weighted by molar-refractivity contribution is -0.606. The number of rotatable bonds is 1. The van der Waals surface area contributed by atoms with Crippen molar-refractivity contribution in [1.29, 1.82) is 0 Å². The second kappa shape index (κ2) is 4.28. The van der Waals surface area contributed by atoms with Gasteiger partial charge in [-0.05, 0) is 34.1 Å². The van der Waals surface area contributed by atoms with Crippen LogP contribution in [0.5, 0.6) is 0 Å². The summed E-state index contributed by atoms with van der Waals surface area (Å²) in [6.07, 6.45) is 1.66. The highest BCUT2D eigenvalue weighted by Gasteiger charge is 2.15. The van der Waals surface area contributed by atoms with Crippen molar-refractivity contribution in [1.82, 2.24) is 4.98 Å². The lowest BCUT2D eigenvalue weighted by Crippen LogP contribution is -2.31. The maximum Gasteiger partial charge on any atom is 0.274 e. The highest BCUT2D eigenvalue weighted by atomic mass is 79.9. The summed E-state index contributed by atoms with van der Waals surface area (Å²) in [6.45, 7) is 0. The van der Waals surface area contributed by atoms with Crippen molar-refractivity contribution in [3.63, 3.8) is 0 Å². The smallest absolute Gasteiger partial charge is 0.274 e. The fourth-order valence-electron chi connectivity index (χ4n) is 1.20. The molecule has 0 bridgehead atoms. The molecule has 0 amide bonds. The maximum absolute atomic E-state index is 11.8. The zero-order chi connectivity index (χ0) is 10.8. The van der Waals surface area contributed by atoms with E-state index >= 15 is 0 Å². The van der Waals surface area contributed by atoms with Gasteiger partial charge in [0, 0.05) is 28.2 Å². The Kier molecular flexibility index (Phi) is 3.02. The van der Waals surface area contributed by atoms with Crippen LogP contribution in [-0.2, 0) is 0 Å². The fraction of sp³-hybridized carbons (Fsp3) is 0. The van der Waals surface area contributed by atoms with Gasteiger partial charge in [0.15, 0.2) is 0 Å². The molecule has 0 saturated carbocycles. The van der Waals surface area contributed by atoms with Crippen LogP contribution < -0.4 is 4.73 Å². The Bertz CT molecular complexity index is 488. The molecule has 2 aromatic rings. The second-order valence-electron chi connectivity index (χ2n) is 2.87. The fourth-order valence-corrected chi connectivity index (χ4v) is 1.81. The van der Waals surface area contributed by atoms with Gasteiger partial charge < -0.3 is 5.21 Å². The van der Waals surface area contributed by atoms with Gasteiger partial charge in [-0.2, -0.15) is 4.73 Å². The van der Waals surface area contributed by atoms with E-state index in [9.17, 15) is 5.21 Å². The van der Waals surface area contributed by atoms with Crippen LogP contribution in [0.15, 0.2) is 45.6 Å². The van der Waals surface area contributed by atoms with Crippen molar-refractivity contribution < 1.29 is 4.73 Å². The average Bonchev–Trinajstić information content (AvgIpc) is 2.27. The Morgan fingerprint density at radius 3 is 2.60 bits per heavy atom. The van der Waals surface area contributed by atoms with E-state index in [4.69, 9.17) is 0 Å². The van der Waals surface area contributed by atoms with Crippen LogP contribution in [0.25, 0.3) is 11.4 Å². The van der Waals surface area contributed by atoms with E-state index in [-0.39, 0.29) is 0 Å². The van der Waals surface area contributed by atoms with Crippen molar-refractivity contribution in [2.75, 3.05) is 0 Å². The molecule has 0 aliphatic heterocycles. The summed E-state index contributed by atoms with van der Waals surface area (Å²) in [5.74, 6) is 0. The normalized spacial score (nSPS) is 10.3. The van der Waals surface area contributed by atoms with Crippen LogP contribution in [0, 0.1) is 5.21 Å². The molecule has 0 N–H and O–H groups in total. The van der Waals surface area contributed by atoms with Crippen molar-refractivity contribution in [2.45, 2.75) is 0 Å². The van der Waals surface area contributed by atoms with Gasteiger partial charge in [-0.25, -0.2) is 4.98 Å². The minimum Gasteiger partial charge on any atom is -0.617 e. The third-order valence-electron chi connectivity index (χ3n) is 1.91. The van der Waals surface area contributed by atoms with Crippen molar-refractivity contribution in [3.8, 4) is 11.4 Å². The Labute approximate surface area is 104 Å². The first kappa shape index (κ1) is 10.6. The number of aromatic nitrogens is 2. The van der Waals surface area contributed by atoms with Gasteiger partial charge in [-0.1, -0.05) is 6.07 Å². The monoisotopic (exact) mass is 328 g/mol. The predicted octanol–water partition coefficient (Wildman–Crippen LogP) is 2.91. The first-order valence-electron chi connectivity index (χ1n) is 4.19. The molecule has 0 aliphatic rings. The first-order valence-corrected chi connectivity index (χ1v) is 5.77. The summed E-state index contributed by atoms with van der Waals surface area (Å²) in [5.41, 5.74) is 1.17. The van der Waals surface area contributed by atoms with Crippen molar-refractivity contribution in [3.05, 3.63) is 50.8 Å². The summed E-state index contributed by atoms with van der Waals surface area (Å²) in [4.78, 5) is 4.12. The van der Waals surface area contributed by atoms with E-state index < -0.39 is 0 Å². The summed E-state index contributed by atoms with van der Waals surface area (Å²) < 4.78 is 1.97. The van der Waals surface area contributed by atoms with Gasteiger partial charge in [-0.15, -0.1) is 0 Å². The van der Waals surface area contributed by atoms with Gasteiger partial charge in [-0.3, -0.25) is 0 Å². The van der Waals surface area contributed by atoms with Gasteiger partial charge in [0.05, 0.1) is 4.47 Å². The summed E-state index contributed by atoms with van der Waals surface area (Å²) in [7, 11) is 0.